The molecule has 3 N–H and O–H groups in total. The van der Waals surface area contributed by atoms with Crippen molar-refractivity contribution in [2.75, 3.05) is 0 Å². The molecule has 104 valence electrons. The minimum Gasteiger partial charge on any atom is -0.364 e. The predicted molar refractivity (Wildman–Crippen MR) is 86.2 cm³/mol. The zero-order chi connectivity index (χ0) is 14.0. The van der Waals surface area contributed by atoms with E-state index in [1.165, 1.54) is 10.6 Å². The molecule has 0 spiro atoms. The second-order valence-corrected chi connectivity index (χ2v) is 7.02. The topological polar surface area (TPSA) is 38.0 Å². The van der Waals surface area contributed by atoms with Crippen molar-refractivity contribution >= 4 is 39.9 Å². The molecule has 0 aromatic heterocycles. The molecule has 1 aliphatic rings. The Balaban J connectivity index is 2.27. The van der Waals surface area contributed by atoms with Crippen LogP contribution in [0.1, 0.15) is 32.3 Å². The molecular formula is C14H18Cl2N2S. The van der Waals surface area contributed by atoms with Crippen LogP contribution < -0.4 is 11.1 Å². The van der Waals surface area contributed by atoms with E-state index in [-0.39, 0.29) is 5.50 Å². The first-order valence-electron chi connectivity index (χ1n) is 6.34. The lowest BCUT2D eigenvalue weighted by Gasteiger charge is -2.10. The summed E-state index contributed by atoms with van der Waals surface area (Å²) in [7, 11) is 0. The lowest BCUT2D eigenvalue weighted by Crippen LogP contribution is -2.29. The van der Waals surface area contributed by atoms with Crippen LogP contribution in [0.4, 0.5) is 0 Å². The normalized spacial score (nSPS) is 19.2. The van der Waals surface area contributed by atoms with E-state index in [4.69, 9.17) is 28.9 Å². The fourth-order valence-corrected chi connectivity index (χ4v) is 3.28. The van der Waals surface area contributed by atoms with Gasteiger partial charge in [0, 0.05) is 10.6 Å². The summed E-state index contributed by atoms with van der Waals surface area (Å²) in [4.78, 5) is 1.19. The molecule has 1 unspecified atom stereocenters. The van der Waals surface area contributed by atoms with Crippen LogP contribution in [0.3, 0.4) is 0 Å². The largest absolute Gasteiger partial charge is 0.364 e. The molecule has 19 heavy (non-hydrogen) atoms. The van der Waals surface area contributed by atoms with Crippen LogP contribution in [-0.4, -0.2) is 5.50 Å². The summed E-state index contributed by atoms with van der Waals surface area (Å²) in [6, 6.07) is 5.73. The molecule has 0 bridgehead atoms. The summed E-state index contributed by atoms with van der Waals surface area (Å²) in [6.45, 7) is 4.45. The van der Waals surface area contributed by atoms with Gasteiger partial charge in [-0.3, -0.25) is 0 Å². The second kappa shape index (κ2) is 6.40. The number of benzene rings is 1. The summed E-state index contributed by atoms with van der Waals surface area (Å²) >= 11 is 13.7. The van der Waals surface area contributed by atoms with Gasteiger partial charge < -0.3 is 11.1 Å². The Labute approximate surface area is 128 Å². The van der Waals surface area contributed by atoms with E-state index in [1.54, 1.807) is 11.8 Å². The molecular weight excluding hydrogens is 299 g/mol. The molecule has 0 amide bonds. The Bertz CT molecular complexity index is 500. The minimum absolute atomic E-state index is 0.0772. The third-order valence-electron chi connectivity index (χ3n) is 2.99. The third kappa shape index (κ3) is 3.82. The molecule has 0 saturated carbocycles. The summed E-state index contributed by atoms with van der Waals surface area (Å²) in [6.07, 6.45) is 2.15. The fraction of sp³-hybridized carbons (Fsp3) is 0.429. The summed E-state index contributed by atoms with van der Waals surface area (Å²) in [5.74, 6) is 0.672. The van der Waals surface area contributed by atoms with Gasteiger partial charge in [-0.2, -0.15) is 0 Å². The highest BCUT2D eigenvalue weighted by Gasteiger charge is 2.22. The Hall–Kier alpha value is -0.350. The summed E-state index contributed by atoms with van der Waals surface area (Å²) in [5, 5.41) is 4.49. The van der Waals surface area contributed by atoms with Crippen molar-refractivity contribution in [1.82, 2.24) is 5.32 Å². The van der Waals surface area contributed by atoms with E-state index < -0.39 is 0 Å². The van der Waals surface area contributed by atoms with Gasteiger partial charge in [-0.15, -0.1) is 0 Å². The number of rotatable bonds is 4. The first-order valence-corrected chi connectivity index (χ1v) is 7.98. The molecule has 1 atom stereocenters. The van der Waals surface area contributed by atoms with E-state index in [9.17, 15) is 0 Å². The predicted octanol–water partition coefficient (Wildman–Crippen LogP) is 4.68. The zero-order valence-corrected chi connectivity index (χ0v) is 13.4. The van der Waals surface area contributed by atoms with Crippen molar-refractivity contribution in [3.05, 3.63) is 39.5 Å². The van der Waals surface area contributed by atoms with Gasteiger partial charge in [0.1, 0.15) is 5.50 Å². The molecule has 1 aliphatic heterocycles. The van der Waals surface area contributed by atoms with Crippen molar-refractivity contribution in [1.29, 1.82) is 0 Å². The van der Waals surface area contributed by atoms with Crippen LogP contribution in [0.15, 0.2) is 23.9 Å². The Kier molecular flexibility index (Phi) is 5.07. The maximum atomic E-state index is 6.09. The summed E-state index contributed by atoms with van der Waals surface area (Å²) in [5.41, 5.74) is 8.20. The van der Waals surface area contributed by atoms with Gasteiger partial charge in [-0.05, 0) is 36.5 Å². The monoisotopic (exact) mass is 316 g/mol. The second-order valence-electron chi connectivity index (χ2n) is 5.05. The van der Waals surface area contributed by atoms with Gasteiger partial charge in [-0.1, -0.05) is 54.9 Å². The smallest absolute Gasteiger partial charge is 0.127 e. The highest BCUT2D eigenvalue weighted by atomic mass is 35.5. The Morgan fingerprint density at radius 1 is 1.32 bits per heavy atom. The number of halogens is 2. The van der Waals surface area contributed by atoms with E-state index in [0.29, 0.717) is 16.0 Å². The van der Waals surface area contributed by atoms with Gasteiger partial charge in [0.25, 0.3) is 0 Å². The van der Waals surface area contributed by atoms with Crippen LogP contribution in [-0.2, 0) is 0 Å². The highest BCUT2D eigenvalue weighted by Crippen LogP contribution is 2.40. The van der Waals surface area contributed by atoms with E-state index in [1.807, 2.05) is 18.2 Å². The first kappa shape index (κ1) is 15.0. The average Bonchev–Trinajstić information content (AvgIpc) is 2.71. The Morgan fingerprint density at radius 2 is 2.05 bits per heavy atom. The van der Waals surface area contributed by atoms with Crippen molar-refractivity contribution in [3.63, 3.8) is 0 Å². The quantitative estimate of drug-likeness (QED) is 0.847. The molecule has 0 aliphatic carbocycles. The van der Waals surface area contributed by atoms with E-state index in [2.05, 4.69) is 19.2 Å². The maximum Gasteiger partial charge on any atom is 0.127 e. The van der Waals surface area contributed by atoms with Crippen LogP contribution in [0, 0.1) is 5.92 Å². The van der Waals surface area contributed by atoms with Crippen molar-refractivity contribution < 1.29 is 0 Å². The lowest BCUT2D eigenvalue weighted by molar-refractivity contribution is 0.568. The highest BCUT2D eigenvalue weighted by molar-refractivity contribution is 8.09. The van der Waals surface area contributed by atoms with Gasteiger partial charge in [0.2, 0.25) is 0 Å². The number of hydrogen-bond donors (Lipinski definition) is 2. The standard InChI is InChI=1S/C14H18Cl2N2S/c1-8(2)3-6-12-13(19-14(17)18-12)9-4-5-10(15)11(16)7-9/h4-5,7-8,14,18H,3,6,17H2,1-2H3. The number of nitrogens with one attached hydrogen (secondary N) is 1. The fourth-order valence-electron chi connectivity index (χ4n) is 1.96. The number of nitrogens with two attached hydrogens (primary N) is 1. The Morgan fingerprint density at radius 3 is 2.68 bits per heavy atom. The number of hydrogen-bond acceptors (Lipinski definition) is 3. The van der Waals surface area contributed by atoms with Crippen LogP contribution in [0.25, 0.3) is 4.91 Å². The maximum absolute atomic E-state index is 6.09. The molecule has 0 fully saturated rings. The van der Waals surface area contributed by atoms with E-state index >= 15 is 0 Å². The molecule has 2 nitrogen and oxygen atoms in total. The van der Waals surface area contributed by atoms with Crippen molar-refractivity contribution in [3.8, 4) is 0 Å². The van der Waals surface area contributed by atoms with Crippen LogP contribution in [0.2, 0.25) is 10.0 Å². The van der Waals surface area contributed by atoms with Gasteiger partial charge >= 0.3 is 0 Å². The molecule has 1 aromatic rings. The van der Waals surface area contributed by atoms with Gasteiger partial charge in [0.05, 0.1) is 10.0 Å². The third-order valence-corrected chi connectivity index (χ3v) is 4.82. The lowest BCUT2D eigenvalue weighted by atomic mass is 10.0. The van der Waals surface area contributed by atoms with Gasteiger partial charge in [-0.25, -0.2) is 0 Å². The minimum atomic E-state index is -0.0772. The van der Waals surface area contributed by atoms with Crippen molar-refractivity contribution in [2.24, 2.45) is 11.7 Å². The molecule has 1 aromatic carbocycles. The SMILES string of the molecule is CC(C)CCC1=C(c2ccc(Cl)c(Cl)c2)SC(N)N1. The van der Waals surface area contributed by atoms with E-state index in [0.717, 1.165) is 18.4 Å². The molecule has 2 rings (SSSR count). The molecule has 0 radical (unpaired) electrons. The van der Waals surface area contributed by atoms with Crippen LogP contribution >= 0.6 is 35.0 Å². The number of thioether (sulfide) groups is 1. The molecule has 5 heteroatoms. The number of allylic oxidation sites excluding steroid dienone is 1. The first-order chi connectivity index (χ1) is 8.97. The average molecular weight is 317 g/mol. The van der Waals surface area contributed by atoms with Gasteiger partial charge in [0.15, 0.2) is 0 Å². The molecule has 0 saturated heterocycles. The molecule has 1 heterocycles. The van der Waals surface area contributed by atoms with Crippen molar-refractivity contribution in [2.45, 2.75) is 32.2 Å². The van der Waals surface area contributed by atoms with Crippen LogP contribution in [0.5, 0.6) is 0 Å². The zero-order valence-electron chi connectivity index (χ0n) is 11.0. The summed E-state index contributed by atoms with van der Waals surface area (Å²) < 4.78 is 0.